The second kappa shape index (κ2) is 12.1. The minimum Gasteiger partial charge on any atom is -0.462 e. The van der Waals surface area contributed by atoms with Crippen LogP contribution in [0, 0.1) is 0 Å². The first kappa shape index (κ1) is 24.3. The number of carbonyl (C=O) groups is 2. The molecule has 0 unspecified atom stereocenters. The number of ether oxygens (including phenoxy) is 2. The van der Waals surface area contributed by atoms with Gasteiger partial charge >= 0.3 is 11.9 Å². The van der Waals surface area contributed by atoms with Gasteiger partial charge in [-0.05, 0) is 50.0 Å². The van der Waals surface area contributed by atoms with Crippen LogP contribution >= 0.6 is 11.3 Å². The first-order chi connectivity index (χ1) is 14.9. The number of thiazole rings is 1. The Labute approximate surface area is 188 Å². The molecule has 0 aliphatic rings. The van der Waals surface area contributed by atoms with E-state index >= 15 is 0 Å². The smallest absolute Gasteiger partial charge is 0.347 e. The van der Waals surface area contributed by atoms with Crippen molar-refractivity contribution >= 4 is 41.1 Å². The van der Waals surface area contributed by atoms with Crippen molar-refractivity contribution in [1.82, 2.24) is 4.98 Å². The summed E-state index contributed by atoms with van der Waals surface area (Å²) in [6.45, 7) is 9.85. The number of benzene rings is 1. The fourth-order valence-corrected chi connectivity index (χ4v) is 3.64. The van der Waals surface area contributed by atoms with Gasteiger partial charge in [0.05, 0.1) is 18.9 Å². The van der Waals surface area contributed by atoms with Crippen molar-refractivity contribution in [2.24, 2.45) is 0 Å². The molecule has 0 saturated carbocycles. The molecule has 0 radical (unpaired) electrons. The standard InChI is InChI=1S/C24H30N2O4S/c1-6-19(22(23(27)29-7-2)24(28)30-8-3)25-18-11-9-10-17(14-18)12-13-21-26-20(15-31-21)16(4)5/h9-16,25H,6-8H2,1-5H3. The molecule has 2 rings (SSSR count). The number of esters is 2. The Morgan fingerprint density at radius 1 is 1.10 bits per heavy atom. The SMILES string of the molecule is CCOC(=O)C(C(=O)OCC)=C(CC)Nc1cccc(C=Cc2nc(C(C)C)cs2)c1. The lowest BCUT2D eigenvalue weighted by atomic mass is 10.1. The Morgan fingerprint density at radius 3 is 2.32 bits per heavy atom. The van der Waals surface area contributed by atoms with Gasteiger partial charge in [-0.25, -0.2) is 14.6 Å². The molecule has 0 amide bonds. The van der Waals surface area contributed by atoms with Crippen molar-refractivity contribution in [3.05, 3.63) is 57.2 Å². The lowest BCUT2D eigenvalue weighted by Crippen LogP contribution is -2.22. The van der Waals surface area contributed by atoms with Gasteiger partial charge in [-0.3, -0.25) is 0 Å². The number of hydrogen-bond acceptors (Lipinski definition) is 7. The lowest BCUT2D eigenvalue weighted by molar-refractivity contribution is -0.146. The van der Waals surface area contributed by atoms with Gasteiger partial charge in [0, 0.05) is 16.8 Å². The topological polar surface area (TPSA) is 77.5 Å². The fraction of sp³-hybridized carbons (Fsp3) is 0.375. The highest BCUT2D eigenvalue weighted by molar-refractivity contribution is 7.10. The molecular weight excluding hydrogens is 412 g/mol. The van der Waals surface area contributed by atoms with Gasteiger partial charge in [0.2, 0.25) is 0 Å². The second-order valence-electron chi connectivity index (χ2n) is 7.00. The minimum atomic E-state index is -0.689. The molecule has 166 valence electrons. The number of allylic oxidation sites excluding steroid dienone is 1. The van der Waals surface area contributed by atoms with Crippen LogP contribution in [0.25, 0.3) is 12.2 Å². The summed E-state index contributed by atoms with van der Waals surface area (Å²) in [5.74, 6) is -0.977. The van der Waals surface area contributed by atoms with E-state index in [1.807, 2.05) is 43.3 Å². The van der Waals surface area contributed by atoms with Gasteiger partial charge in [-0.1, -0.05) is 39.0 Å². The first-order valence-corrected chi connectivity index (χ1v) is 11.3. The largest absolute Gasteiger partial charge is 0.462 e. The number of hydrogen-bond donors (Lipinski definition) is 1. The Hall–Kier alpha value is -2.93. The molecule has 0 fully saturated rings. The third-order valence-electron chi connectivity index (χ3n) is 4.35. The van der Waals surface area contributed by atoms with Crippen LogP contribution in [0.15, 0.2) is 40.9 Å². The Bertz CT molecular complexity index is 940. The van der Waals surface area contributed by atoms with Crippen LogP contribution in [0.3, 0.4) is 0 Å². The zero-order valence-corrected chi connectivity index (χ0v) is 19.5. The molecule has 1 aromatic carbocycles. The number of rotatable bonds is 10. The van der Waals surface area contributed by atoms with Crippen molar-refractivity contribution in [3.8, 4) is 0 Å². The molecule has 1 N–H and O–H groups in total. The molecule has 0 bridgehead atoms. The predicted molar refractivity (Wildman–Crippen MR) is 126 cm³/mol. The summed E-state index contributed by atoms with van der Waals surface area (Å²) in [7, 11) is 0. The summed E-state index contributed by atoms with van der Waals surface area (Å²) in [6.07, 6.45) is 4.40. The first-order valence-electron chi connectivity index (χ1n) is 10.5. The molecule has 2 aromatic rings. The van der Waals surface area contributed by atoms with E-state index < -0.39 is 11.9 Å². The quantitative estimate of drug-likeness (QED) is 0.222. The maximum absolute atomic E-state index is 12.4. The molecule has 6 nitrogen and oxygen atoms in total. The molecule has 0 aliphatic heterocycles. The third-order valence-corrected chi connectivity index (χ3v) is 5.17. The summed E-state index contributed by atoms with van der Waals surface area (Å²) in [6, 6.07) is 7.70. The predicted octanol–water partition coefficient (Wildman–Crippen LogP) is 5.64. The Balaban J connectivity index is 2.28. The van der Waals surface area contributed by atoms with Gasteiger partial charge in [-0.15, -0.1) is 11.3 Å². The van der Waals surface area contributed by atoms with Crippen molar-refractivity contribution in [2.45, 2.75) is 47.0 Å². The molecule has 0 atom stereocenters. The van der Waals surface area contributed by atoms with E-state index in [1.165, 1.54) is 0 Å². The average Bonchev–Trinajstić information content (AvgIpc) is 3.22. The summed E-state index contributed by atoms with van der Waals surface area (Å²) in [5, 5.41) is 6.22. The normalized spacial score (nSPS) is 10.9. The molecule has 1 heterocycles. The molecule has 0 saturated heterocycles. The van der Waals surface area contributed by atoms with Crippen molar-refractivity contribution < 1.29 is 19.1 Å². The van der Waals surface area contributed by atoms with E-state index in [0.29, 0.717) is 18.0 Å². The van der Waals surface area contributed by atoms with Gasteiger partial charge in [0.25, 0.3) is 0 Å². The van der Waals surface area contributed by atoms with E-state index in [0.717, 1.165) is 22.0 Å². The maximum Gasteiger partial charge on any atom is 0.347 e. The van der Waals surface area contributed by atoms with Crippen molar-refractivity contribution in [1.29, 1.82) is 0 Å². The molecular formula is C24H30N2O4S. The van der Waals surface area contributed by atoms with Crippen LogP contribution in [0.2, 0.25) is 0 Å². The second-order valence-corrected chi connectivity index (χ2v) is 7.89. The number of anilines is 1. The molecule has 0 spiro atoms. The average molecular weight is 443 g/mol. The Kier molecular flexibility index (Phi) is 9.46. The third kappa shape index (κ3) is 7.07. The molecule has 0 aliphatic carbocycles. The van der Waals surface area contributed by atoms with E-state index in [9.17, 15) is 9.59 Å². The lowest BCUT2D eigenvalue weighted by Gasteiger charge is -2.15. The summed E-state index contributed by atoms with van der Waals surface area (Å²) in [5.41, 5.74) is 3.17. The molecule has 7 heteroatoms. The van der Waals surface area contributed by atoms with Crippen LogP contribution in [-0.4, -0.2) is 30.1 Å². The van der Waals surface area contributed by atoms with Gasteiger partial charge < -0.3 is 14.8 Å². The number of nitrogens with zero attached hydrogens (tertiary/aromatic N) is 1. The number of carbonyl (C=O) groups excluding carboxylic acids is 2. The highest BCUT2D eigenvalue weighted by atomic mass is 32.1. The van der Waals surface area contributed by atoms with Crippen LogP contribution in [0.1, 0.15) is 63.2 Å². The Morgan fingerprint density at radius 2 is 1.77 bits per heavy atom. The van der Waals surface area contributed by atoms with Crippen LogP contribution < -0.4 is 5.32 Å². The van der Waals surface area contributed by atoms with E-state index in [2.05, 4.69) is 29.5 Å². The van der Waals surface area contributed by atoms with E-state index in [-0.39, 0.29) is 18.8 Å². The van der Waals surface area contributed by atoms with Crippen LogP contribution in [0.4, 0.5) is 5.69 Å². The van der Waals surface area contributed by atoms with Crippen molar-refractivity contribution in [2.75, 3.05) is 18.5 Å². The van der Waals surface area contributed by atoms with Gasteiger partial charge in [0.1, 0.15) is 5.01 Å². The van der Waals surface area contributed by atoms with Gasteiger partial charge in [0.15, 0.2) is 5.57 Å². The van der Waals surface area contributed by atoms with Crippen LogP contribution in [0.5, 0.6) is 0 Å². The van der Waals surface area contributed by atoms with Crippen molar-refractivity contribution in [3.63, 3.8) is 0 Å². The van der Waals surface area contributed by atoms with E-state index in [4.69, 9.17) is 9.47 Å². The maximum atomic E-state index is 12.4. The molecule has 31 heavy (non-hydrogen) atoms. The highest BCUT2D eigenvalue weighted by Gasteiger charge is 2.25. The highest BCUT2D eigenvalue weighted by Crippen LogP contribution is 2.22. The summed E-state index contributed by atoms with van der Waals surface area (Å²) < 4.78 is 10.1. The number of nitrogens with one attached hydrogen (secondary N) is 1. The molecule has 1 aromatic heterocycles. The zero-order valence-electron chi connectivity index (χ0n) is 18.7. The fourth-order valence-electron chi connectivity index (χ4n) is 2.77. The summed E-state index contributed by atoms with van der Waals surface area (Å²) >= 11 is 1.61. The monoisotopic (exact) mass is 442 g/mol. The number of aromatic nitrogens is 1. The zero-order chi connectivity index (χ0) is 22.8. The van der Waals surface area contributed by atoms with E-state index in [1.54, 1.807) is 25.2 Å². The summed E-state index contributed by atoms with van der Waals surface area (Å²) in [4.78, 5) is 29.4. The van der Waals surface area contributed by atoms with Crippen LogP contribution in [-0.2, 0) is 19.1 Å². The van der Waals surface area contributed by atoms with Gasteiger partial charge in [-0.2, -0.15) is 0 Å². The minimum absolute atomic E-state index is 0.101.